The molecule has 1 aromatic rings. The van der Waals surface area contributed by atoms with Gasteiger partial charge in [-0.2, -0.15) is 0 Å². The first-order valence-corrected chi connectivity index (χ1v) is 7.66. The van der Waals surface area contributed by atoms with Crippen molar-refractivity contribution >= 4 is 15.9 Å². The van der Waals surface area contributed by atoms with E-state index in [0.29, 0.717) is 0 Å². The molecule has 0 heterocycles. The lowest BCUT2D eigenvalue weighted by Crippen LogP contribution is -2.14. The Morgan fingerprint density at radius 3 is 2.61 bits per heavy atom. The SMILES string of the molecule is NC(CCC1CCCCC1)c1cc(F)cc(Br)c1. The topological polar surface area (TPSA) is 26.0 Å². The smallest absolute Gasteiger partial charge is 0.124 e. The molecule has 100 valence electrons. The lowest BCUT2D eigenvalue weighted by molar-refractivity contribution is 0.324. The summed E-state index contributed by atoms with van der Waals surface area (Å²) >= 11 is 3.31. The average molecular weight is 314 g/mol. The fourth-order valence-electron chi connectivity index (χ4n) is 2.85. The van der Waals surface area contributed by atoms with Crippen LogP contribution in [-0.4, -0.2) is 0 Å². The van der Waals surface area contributed by atoms with Gasteiger partial charge in [0.1, 0.15) is 5.82 Å². The fraction of sp³-hybridized carbons (Fsp3) is 0.600. The summed E-state index contributed by atoms with van der Waals surface area (Å²) < 4.78 is 14.1. The molecule has 0 aliphatic heterocycles. The van der Waals surface area contributed by atoms with Gasteiger partial charge in [0.15, 0.2) is 0 Å². The van der Waals surface area contributed by atoms with E-state index in [1.165, 1.54) is 44.6 Å². The molecule has 0 bridgehead atoms. The van der Waals surface area contributed by atoms with Crippen LogP contribution in [0.4, 0.5) is 4.39 Å². The summed E-state index contributed by atoms with van der Waals surface area (Å²) in [5.41, 5.74) is 7.06. The fourth-order valence-corrected chi connectivity index (χ4v) is 3.33. The van der Waals surface area contributed by atoms with Crippen LogP contribution in [0.2, 0.25) is 0 Å². The average Bonchev–Trinajstić information content (AvgIpc) is 2.36. The molecule has 0 aromatic heterocycles. The number of halogens is 2. The van der Waals surface area contributed by atoms with Crippen molar-refractivity contribution in [3.63, 3.8) is 0 Å². The quantitative estimate of drug-likeness (QED) is 0.836. The van der Waals surface area contributed by atoms with Gasteiger partial charge >= 0.3 is 0 Å². The molecule has 1 aliphatic rings. The molecule has 3 heteroatoms. The molecule has 0 spiro atoms. The molecular weight excluding hydrogens is 293 g/mol. The summed E-state index contributed by atoms with van der Waals surface area (Å²) in [5.74, 6) is 0.620. The van der Waals surface area contributed by atoms with Crippen molar-refractivity contribution in [3.05, 3.63) is 34.1 Å². The lowest BCUT2D eigenvalue weighted by atomic mass is 9.84. The molecule has 1 aromatic carbocycles. The van der Waals surface area contributed by atoms with Gasteiger partial charge < -0.3 is 5.73 Å². The monoisotopic (exact) mass is 313 g/mol. The van der Waals surface area contributed by atoms with E-state index in [0.717, 1.165) is 22.4 Å². The normalized spacial score (nSPS) is 18.8. The predicted octanol–water partition coefficient (Wildman–Crippen LogP) is 4.95. The Hall–Kier alpha value is -0.410. The van der Waals surface area contributed by atoms with Crippen molar-refractivity contribution in [3.8, 4) is 0 Å². The second-order valence-corrected chi connectivity index (χ2v) is 6.31. The van der Waals surface area contributed by atoms with Crippen LogP contribution in [0.25, 0.3) is 0 Å². The maximum atomic E-state index is 13.3. The Bertz CT molecular complexity index is 368. The van der Waals surface area contributed by atoms with Crippen LogP contribution in [0.3, 0.4) is 0 Å². The van der Waals surface area contributed by atoms with Crippen LogP contribution in [-0.2, 0) is 0 Å². The molecule has 0 amide bonds. The largest absolute Gasteiger partial charge is 0.324 e. The van der Waals surface area contributed by atoms with Crippen LogP contribution >= 0.6 is 15.9 Å². The highest BCUT2D eigenvalue weighted by atomic mass is 79.9. The highest BCUT2D eigenvalue weighted by Crippen LogP contribution is 2.30. The third-order valence-electron chi connectivity index (χ3n) is 3.92. The molecule has 1 atom stereocenters. The Morgan fingerprint density at radius 1 is 1.22 bits per heavy atom. The van der Waals surface area contributed by atoms with Crippen LogP contribution in [0.15, 0.2) is 22.7 Å². The van der Waals surface area contributed by atoms with E-state index in [1.807, 2.05) is 6.07 Å². The van der Waals surface area contributed by atoms with Crippen LogP contribution in [0, 0.1) is 11.7 Å². The first kappa shape index (κ1) is 14.0. The summed E-state index contributed by atoms with van der Waals surface area (Å²) in [6, 6.07) is 4.90. The Kier molecular flexibility index (Phi) is 5.19. The zero-order chi connectivity index (χ0) is 13.0. The zero-order valence-corrected chi connectivity index (χ0v) is 12.3. The lowest BCUT2D eigenvalue weighted by Gasteiger charge is -2.23. The van der Waals surface area contributed by atoms with E-state index >= 15 is 0 Å². The van der Waals surface area contributed by atoms with Gasteiger partial charge in [-0.25, -0.2) is 4.39 Å². The van der Waals surface area contributed by atoms with E-state index in [2.05, 4.69) is 15.9 Å². The van der Waals surface area contributed by atoms with Crippen molar-refractivity contribution < 1.29 is 4.39 Å². The Labute approximate surface area is 117 Å². The third kappa shape index (κ3) is 4.06. The van der Waals surface area contributed by atoms with E-state index in [9.17, 15) is 4.39 Å². The van der Waals surface area contributed by atoms with Gasteiger partial charge in [0.25, 0.3) is 0 Å². The van der Waals surface area contributed by atoms with Crippen molar-refractivity contribution in [2.75, 3.05) is 0 Å². The molecule has 1 saturated carbocycles. The number of rotatable bonds is 4. The number of hydrogen-bond acceptors (Lipinski definition) is 1. The molecular formula is C15H21BrFN. The van der Waals surface area contributed by atoms with E-state index in [-0.39, 0.29) is 11.9 Å². The standard InChI is InChI=1S/C15H21BrFN/c16-13-8-12(9-14(17)10-13)15(18)7-6-11-4-2-1-3-5-11/h8-11,15H,1-7,18H2. The highest BCUT2D eigenvalue weighted by Gasteiger charge is 2.16. The van der Waals surface area contributed by atoms with Gasteiger partial charge in [-0.3, -0.25) is 0 Å². The first-order valence-electron chi connectivity index (χ1n) is 6.87. The Balaban J connectivity index is 1.88. The molecule has 0 radical (unpaired) electrons. The number of benzene rings is 1. The second-order valence-electron chi connectivity index (χ2n) is 5.39. The van der Waals surface area contributed by atoms with Crippen LogP contribution < -0.4 is 5.73 Å². The van der Waals surface area contributed by atoms with Gasteiger partial charge in [-0.15, -0.1) is 0 Å². The summed E-state index contributed by atoms with van der Waals surface area (Å²) in [7, 11) is 0. The molecule has 1 nitrogen and oxygen atoms in total. The van der Waals surface area contributed by atoms with Crippen molar-refractivity contribution in [1.29, 1.82) is 0 Å². The third-order valence-corrected chi connectivity index (χ3v) is 4.38. The van der Waals surface area contributed by atoms with Gasteiger partial charge in [0.2, 0.25) is 0 Å². The minimum absolute atomic E-state index is 0.0427. The van der Waals surface area contributed by atoms with Gasteiger partial charge in [-0.05, 0) is 42.5 Å². The molecule has 18 heavy (non-hydrogen) atoms. The summed E-state index contributed by atoms with van der Waals surface area (Å²) in [6.07, 6.45) is 8.95. The summed E-state index contributed by atoms with van der Waals surface area (Å²) in [4.78, 5) is 0. The van der Waals surface area contributed by atoms with Gasteiger partial charge in [0, 0.05) is 10.5 Å². The minimum atomic E-state index is -0.215. The molecule has 1 aliphatic carbocycles. The van der Waals surface area contributed by atoms with E-state index < -0.39 is 0 Å². The first-order chi connectivity index (χ1) is 8.65. The van der Waals surface area contributed by atoms with E-state index in [4.69, 9.17) is 5.73 Å². The predicted molar refractivity (Wildman–Crippen MR) is 76.8 cm³/mol. The minimum Gasteiger partial charge on any atom is -0.324 e. The van der Waals surface area contributed by atoms with Gasteiger partial charge in [0.05, 0.1) is 0 Å². The molecule has 2 N–H and O–H groups in total. The van der Waals surface area contributed by atoms with Crippen molar-refractivity contribution in [2.24, 2.45) is 11.7 Å². The number of hydrogen-bond donors (Lipinski definition) is 1. The summed E-state index contributed by atoms with van der Waals surface area (Å²) in [5, 5.41) is 0. The van der Waals surface area contributed by atoms with Crippen molar-refractivity contribution in [2.45, 2.75) is 51.0 Å². The van der Waals surface area contributed by atoms with Gasteiger partial charge in [-0.1, -0.05) is 48.0 Å². The zero-order valence-electron chi connectivity index (χ0n) is 10.7. The summed E-state index contributed by atoms with van der Waals surface area (Å²) in [6.45, 7) is 0. The maximum Gasteiger partial charge on any atom is 0.124 e. The van der Waals surface area contributed by atoms with Crippen LogP contribution in [0.1, 0.15) is 56.6 Å². The molecule has 1 unspecified atom stereocenters. The molecule has 2 rings (SSSR count). The number of nitrogens with two attached hydrogens (primary N) is 1. The highest BCUT2D eigenvalue weighted by molar-refractivity contribution is 9.10. The second kappa shape index (κ2) is 6.67. The maximum absolute atomic E-state index is 13.3. The van der Waals surface area contributed by atoms with Crippen LogP contribution in [0.5, 0.6) is 0 Å². The Morgan fingerprint density at radius 2 is 1.94 bits per heavy atom. The van der Waals surface area contributed by atoms with E-state index in [1.54, 1.807) is 6.07 Å². The molecule has 1 fully saturated rings. The molecule has 0 saturated heterocycles. The van der Waals surface area contributed by atoms with Crippen molar-refractivity contribution in [1.82, 2.24) is 0 Å².